The second kappa shape index (κ2) is 4.55. The first kappa shape index (κ1) is 12.8. The van der Waals surface area contributed by atoms with E-state index in [0.717, 1.165) is 11.3 Å². The zero-order valence-corrected chi connectivity index (χ0v) is 11.0. The molecule has 3 N–H and O–H groups in total. The Hall–Kier alpha value is -1.66. The van der Waals surface area contributed by atoms with Crippen LogP contribution < -0.4 is 5.73 Å². The summed E-state index contributed by atoms with van der Waals surface area (Å²) >= 11 is 0. The molecule has 1 atom stereocenters. The Kier molecular flexibility index (Phi) is 3.23. The fourth-order valence-electron chi connectivity index (χ4n) is 1.60. The molecule has 18 heavy (non-hydrogen) atoms. The number of hydrogen-bond acceptors (Lipinski definition) is 4. The molecule has 6 heteroatoms. The van der Waals surface area contributed by atoms with Gasteiger partial charge in [-0.3, -0.25) is 0 Å². The zero-order valence-electron chi connectivity index (χ0n) is 10.2. The van der Waals surface area contributed by atoms with E-state index in [2.05, 4.69) is 9.97 Å². The molecule has 2 rings (SSSR count). The first-order chi connectivity index (χ1) is 8.38. The van der Waals surface area contributed by atoms with Crippen LogP contribution in [-0.4, -0.2) is 24.6 Å². The fourth-order valence-corrected chi connectivity index (χ4v) is 2.23. The summed E-state index contributed by atoms with van der Waals surface area (Å²) < 4.78 is 22.7. The van der Waals surface area contributed by atoms with Crippen molar-refractivity contribution in [3.05, 3.63) is 36.3 Å². The number of sulfone groups is 1. The molecule has 0 fully saturated rings. The second-order valence-corrected chi connectivity index (χ2v) is 6.28. The van der Waals surface area contributed by atoms with Crippen molar-refractivity contribution in [1.29, 1.82) is 0 Å². The summed E-state index contributed by atoms with van der Waals surface area (Å²) in [6.45, 7) is 1.84. The van der Waals surface area contributed by atoms with E-state index in [1.807, 2.05) is 6.92 Å². The van der Waals surface area contributed by atoms with Gasteiger partial charge in [-0.15, -0.1) is 0 Å². The molecule has 0 saturated carbocycles. The quantitative estimate of drug-likeness (QED) is 0.880. The summed E-state index contributed by atoms with van der Waals surface area (Å²) in [5.74, 6) is 0.706. The standard InChI is InChI=1S/C12H15N3O2S/c1-8(13)12-14-7-11(15-12)9-3-5-10(6-4-9)18(2,16)17/h3-8H,13H2,1-2H3,(H,14,15). The molecule has 0 aliphatic carbocycles. The van der Waals surface area contributed by atoms with Gasteiger partial charge in [0.05, 0.1) is 22.8 Å². The van der Waals surface area contributed by atoms with Gasteiger partial charge in [-0.1, -0.05) is 12.1 Å². The molecule has 1 aromatic carbocycles. The minimum atomic E-state index is -3.16. The summed E-state index contributed by atoms with van der Waals surface area (Å²) in [7, 11) is -3.16. The van der Waals surface area contributed by atoms with Crippen LogP contribution in [0.15, 0.2) is 35.4 Å². The highest BCUT2D eigenvalue weighted by Gasteiger charge is 2.09. The van der Waals surface area contributed by atoms with Crippen molar-refractivity contribution < 1.29 is 8.42 Å². The van der Waals surface area contributed by atoms with Gasteiger partial charge in [0.15, 0.2) is 9.84 Å². The topological polar surface area (TPSA) is 88.8 Å². The molecule has 0 aliphatic rings. The van der Waals surface area contributed by atoms with Crippen LogP contribution >= 0.6 is 0 Å². The van der Waals surface area contributed by atoms with Crippen LogP contribution in [0.5, 0.6) is 0 Å². The molecule has 1 unspecified atom stereocenters. The lowest BCUT2D eigenvalue weighted by atomic mass is 10.2. The number of aromatic nitrogens is 2. The molecule has 0 spiro atoms. The minimum absolute atomic E-state index is 0.158. The maximum atomic E-state index is 11.3. The van der Waals surface area contributed by atoms with Gasteiger partial charge < -0.3 is 10.7 Å². The molecule has 0 saturated heterocycles. The third-order valence-corrected chi connectivity index (χ3v) is 3.75. The molecule has 5 nitrogen and oxygen atoms in total. The van der Waals surface area contributed by atoms with Crippen LogP contribution in [0.3, 0.4) is 0 Å². The van der Waals surface area contributed by atoms with Crippen molar-refractivity contribution in [3.63, 3.8) is 0 Å². The number of imidazole rings is 1. The molecule has 2 aromatic rings. The zero-order chi connectivity index (χ0) is 13.3. The summed E-state index contributed by atoms with van der Waals surface area (Å²) in [6.07, 6.45) is 2.88. The maximum absolute atomic E-state index is 11.3. The van der Waals surface area contributed by atoms with Gasteiger partial charge in [-0.05, 0) is 24.6 Å². The normalized spacial score (nSPS) is 13.5. The first-order valence-corrected chi connectivity index (χ1v) is 7.38. The van der Waals surface area contributed by atoms with Gasteiger partial charge in [0, 0.05) is 6.26 Å². The third kappa shape index (κ3) is 2.60. The van der Waals surface area contributed by atoms with E-state index in [1.54, 1.807) is 30.5 Å². The van der Waals surface area contributed by atoms with Crippen molar-refractivity contribution in [2.45, 2.75) is 17.9 Å². The Bertz CT molecular complexity index is 642. The Labute approximate surface area is 106 Å². The van der Waals surface area contributed by atoms with Gasteiger partial charge in [0.1, 0.15) is 5.82 Å². The lowest BCUT2D eigenvalue weighted by Crippen LogP contribution is -2.06. The van der Waals surface area contributed by atoms with Crippen molar-refractivity contribution in [1.82, 2.24) is 9.97 Å². The summed E-state index contributed by atoms with van der Waals surface area (Å²) in [5, 5.41) is 0. The lowest BCUT2D eigenvalue weighted by molar-refractivity contribution is 0.602. The molecule has 0 amide bonds. The largest absolute Gasteiger partial charge is 0.341 e. The summed E-state index contributed by atoms with van der Waals surface area (Å²) in [5.41, 5.74) is 7.41. The Morgan fingerprint density at radius 3 is 2.33 bits per heavy atom. The van der Waals surface area contributed by atoms with Gasteiger partial charge in [0.25, 0.3) is 0 Å². The second-order valence-electron chi connectivity index (χ2n) is 4.27. The molecule has 0 bridgehead atoms. The van der Waals surface area contributed by atoms with Gasteiger partial charge in [-0.25, -0.2) is 13.4 Å². The number of nitrogens with zero attached hydrogens (tertiary/aromatic N) is 1. The highest BCUT2D eigenvalue weighted by Crippen LogP contribution is 2.20. The van der Waals surface area contributed by atoms with E-state index in [-0.39, 0.29) is 6.04 Å². The van der Waals surface area contributed by atoms with Crippen LogP contribution in [-0.2, 0) is 9.84 Å². The van der Waals surface area contributed by atoms with Crippen molar-refractivity contribution in [2.75, 3.05) is 6.26 Å². The number of nitrogens with one attached hydrogen (secondary N) is 1. The average Bonchev–Trinajstić information content (AvgIpc) is 2.77. The van der Waals surface area contributed by atoms with E-state index in [0.29, 0.717) is 10.7 Å². The number of H-pyrrole nitrogens is 1. The minimum Gasteiger partial charge on any atom is -0.341 e. The number of aromatic amines is 1. The van der Waals surface area contributed by atoms with Crippen molar-refractivity contribution in [3.8, 4) is 11.3 Å². The van der Waals surface area contributed by atoms with Crippen LogP contribution in [0.25, 0.3) is 11.3 Å². The Balaban J connectivity index is 2.34. The molecular formula is C12H15N3O2S. The summed E-state index contributed by atoms with van der Waals surface area (Å²) in [4.78, 5) is 7.57. The summed E-state index contributed by atoms with van der Waals surface area (Å²) in [6, 6.07) is 6.49. The van der Waals surface area contributed by atoms with Crippen LogP contribution in [0.1, 0.15) is 18.8 Å². The van der Waals surface area contributed by atoms with Crippen molar-refractivity contribution >= 4 is 9.84 Å². The smallest absolute Gasteiger partial charge is 0.175 e. The van der Waals surface area contributed by atoms with E-state index < -0.39 is 9.84 Å². The Morgan fingerprint density at radius 2 is 1.89 bits per heavy atom. The first-order valence-electron chi connectivity index (χ1n) is 5.49. The predicted octanol–water partition coefficient (Wildman–Crippen LogP) is 1.50. The highest BCUT2D eigenvalue weighted by molar-refractivity contribution is 7.90. The maximum Gasteiger partial charge on any atom is 0.175 e. The third-order valence-electron chi connectivity index (χ3n) is 2.62. The molecular weight excluding hydrogens is 250 g/mol. The number of hydrogen-bond donors (Lipinski definition) is 2. The van der Waals surface area contributed by atoms with Crippen LogP contribution in [0.2, 0.25) is 0 Å². The van der Waals surface area contributed by atoms with Crippen molar-refractivity contribution in [2.24, 2.45) is 5.73 Å². The molecule has 1 aromatic heterocycles. The van der Waals surface area contributed by atoms with Gasteiger partial charge >= 0.3 is 0 Å². The number of nitrogens with two attached hydrogens (primary N) is 1. The number of rotatable bonds is 3. The average molecular weight is 265 g/mol. The van der Waals surface area contributed by atoms with E-state index >= 15 is 0 Å². The number of benzene rings is 1. The van der Waals surface area contributed by atoms with E-state index in [1.165, 1.54) is 6.26 Å². The van der Waals surface area contributed by atoms with E-state index in [9.17, 15) is 8.42 Å². The van der Waals surface area contributed by atoms with Crippen LogP contribution in [0.4, 0.5) is 0 Å². The van der Waals surface area contributed by atoms with Gasteiger partial charge in [-0.2, -0.15) is 0 Å². The lowest BCUT2D eigenvalue weighted by Gasteiger charge is -2.01. The van der Waals surface area contributed by atoms with Crippen LogP contribution in [0, 0.1) is 0 Å². The SMILES string of the molecule is CC(N)c1ncc(-c2ccc(S(C)(=O)=O)cc2)[nH]1. The fraction of sp³-hybridized carbons (Fsp3) is 0.250. The molecule has 96 valence electrons. The molecule has 1 heterocycles. The van der Waals surface area contributed by atoms with Gasteiger partial charge in [0.2, 0.25) is 0 Å². The molecule has 0 radical (unpaired) electrons. The monoisotopic (exact) mass is 265 g/mol. The Morgan fingerprint density at radius 1 is 1.28 bits per heavy atom. The predicted molar refractivity (Wildman–Crippen MR) is 69.7 cm³/mol. The van der Waals surface area contributed by atoms with E-state index in [4.69, 9.17) is 5.73 Å². The highest BCUT2D eigenvalue weighted by atomic mass is 32.2. The molecule has 0 aliphatic heterocycles.